The van der Waals surface area contributed by atoms with Crippen LogP contribution in [0.5, 0.6) is 0 Å². The first-order valence-corrected chi connectivity index (χ1v) is 34.6. The fourth-order valence-electron chi connectivity index (χ4n) is 11.3. The van der Waals surface area contributed by atoms with Crippen molar-refractivity contribution < 1.29 is 39.8 Å². The zero-order chi connectivity index (χ0) is 56.5. The zero-order valence-corrected chi connectivity index (χ0v) is 51.7. The third-order valence-electron chi connectivity index (χ3n) is 16.8. The van der Waals surface area contributed by atoms with Gasteiger partial charge in [0, 0.05) is 6.42 Å². The molecule has 0 aromatic rings. The molecule has 0 aromatic carbocycles. The summed E-state index contributed by atoms with van der Waals surface area (Å²) in [6, 6.07) is -0.804. The third kappa shape index (κ3) is 47.2. The van der Waals surface area contributed by atoms with Crippen LogP contribution in [0, 0.1) is 0 Å². The highest BCUT2D eigenvalue weighted by atomic mass is 16.7. The van der Waals surface area contributed by atoms with Gasteiger partial charge in [0.05, 0.1) is 25.4 Å². The molecule has 0 saturated carbocycles. The molecule has 0 radical (unpaired) electrons. The summed E-state index contributed by atoms with van der Waals surface area (Å²) >= 11 is 0. The topological polar surface area (TPSA) is 149 Å². The molecule has 1 rings (SSSR count). The predicted octanol–water partition coefficient (Wildman–Crippen LogP) is 18.5. The SMILES string of the molecule is CCCCCCCCCCCCCC/C=C\CCCCCCCCCCCCCCCCCC(=O)NC(COC1OC(CO)C(O)C(O)C1O)C(O)/C=C/CCCCCCCCCCCCCCCCCCCCCCCC. The molecule has 0 aromatic heterocycles. The molecule has 9 heteroatoms. The average Bonchev–Trinajstić information content (AvgIpc) is 3.45. The quantitative estimate of drug-likeness (QED) is 0.0261. The van der Waals surface area contributed by atoms with Crippen molar-refractivity contribution in [1.29, 1.82) is 0 Å². The van der Waals surface area contributed by atoms with E-state index in [2.05, 4.69) is 31.3 Å². The molecule has 1 amide bonds. The highest BCUT2D eigenvalue weighted by Crippen LogP contribution is 2.23. The first kappa shape index (κ1) is 74.7. The lowest BCUT2D eigenvalue weighted by atomic mass is 9.99. The summed E-state index contributed by atoms with van der Waals surface area (Å²) in [5, 5.41) is 54.7. The molecular weight excluding hydrogens is 971 g/mol. The number of aliphatic hydroxyl groups is 5. The van der Waals surface area contributed by atoms with E-state index < -0.39 is 49.5 Å². The van der Waals surface area contributed by atoms with E-state index in [9.17, 15) is 30.3 Å². The second kappa shape index (κ2) is 58.9. The second-order valence-electron chi connectivity index (χ2n) is 24.3. The Labute approximate surface area is 483 Å². The van der Waals surface area contributed by atoms with E-state index in [4.69, 9.17) is 9.47 Å². The van der Waals surface area contributed by atoms with Crippen molar-refractivity contribution >= 4 is 5.91 Å². The van der Waals surface area contributed by atoms with Gasteiger partial charge in [0.2, 0.25) is 5.91 Å². The van der Waals surface area contributed by atoms with Crippen molar-refractivity contribution in [2.75, 3.05) is 13.2 Å². The van der Waals surface area contributed by atoms with Gasteiger partial charge in [-0.1, -0.05) is 327 Å². The maximum atomic E-state index is 13.1. The van der Waals surface area contributed by atoms with Crippen LogP contribution in [0.15, 0.2) is 24.3 Å². The van der Waals surface area contributed by atoms with Gasteiger partial charge in [0.15, 0.2) is 6.29 Å². The first-order valence-electron chi connectivity index (χ1n) is 34.6. The molecule has 1 heterocycles. The minimum atomic E-state index is -1.57. The number of hydrogen-bond acceptors (Lipinski definition) is 8. The maximum absolute atomic E-state index is 13.1. The minimum Gasteiger partial charge on any atom is -0.394 e. The number of unbranched alkanes of at least 4 members (excludes halogenated alkanes) is 49. The Hall–Kier alpha value is -1.33. The van der Waals surface area contributed by atoms with Crippen LogP contribution in [0.2, 0.25) is 0 Å². The molecule has 1 aliphatic heterocycles. The van der Waals surface area contributed by atoms with Gasteiger partial charge in [-0.05, 0) is 44.9 Å². The fourth-order valence-corrected chi connectivity index (χ4v) is 11.3. The molecule has 6 N–H and O–H groups in total. The van der Waals surface area contributed by atoms with Gasteiger partial charge in [-0.3, -0.25) is 4.79 Å². The number of ether oxygens (including phenoxy) is 2. The molecule has 7 atom stereocenters. The monoisotopic (exact) mass is 1100 g/mol. The Morgan fingerprint density at radius 1 is 0.423 bits per heavy atom. The summed E-state index contributed by atoms with van der Waals surface area (Å²) in [6.45, 7) is 3.84. The van der Waals surface area contributed by atoms with Gasteiger partial charge in [-0.15, -0.1) is 0 Å². The van der Waals surface area contributed by atoms with Gasteiger partial charge >= 0.3 is 0 Å². The lowest BCUT2D eigenvalue weighted by Gasteiger charge is -2.40. The molecule has 1 aliphatic rings. The largest absolute Gasteiger partial charge is 0.394 e. The number of carbonyl (C=O) groups excluding carboxylic acids is 1. The molecule has 0 bridgehead atoms. The summed E-state index contributed by atoms with van der Waals surface area (Å²) in [6.07, 6.45) is 70.0. The minimum absolute atomic E-state index is 0.169. The standard InChI is InChI=1S/C69H133NO8/c1-3-5-7-9-11-13-15-17-19-21-23-25-27-29-30-31-32-33-34-35-37-39-41-43-45-47-49-51-53-55-57-59-65(73)70-62(61-77-69-68(76)67(75)66(74)64(60-71)78-69)63(72)58-56-54-52-50-48-46-44-42-40-38-36-28-26-24-22-20-18-16-14-12-10-8-6-4-2/h29-30,56,58,62-64,66-69,71-72,74-76H,3-28,31-55,57,59-61H2,1-2H3,(H,70,73)/b30-29-,58-56+. The Morgan fingerprint density at radius 3 is 1.04 bits per heavy atom. The number of amides is 1. The van der Waals surface area contributed by atoms with E-state index in [-0.39, 0.29) is 12.5 Å². The van der Waals surface area contributed by atoms with Crippen LogP contribution >= 0.6 is 0 Å². The molecular formula is C69H133NO8. The highest BCUT2D eigenvalue weighted by Gasteiger charge is 2.44. The van der Waals surface area contributed by atoms with Crippen molar-refractivity contribution in [3.05, 3.63) is 24.3 Å². The van der Waals surface area contributed by atoms with E-state index in [0.29, 0.717) is 6.42 Å². The molecule has 9 nitrogen and oxygen atoms in total. The van der Waals surface area contributed by atoms with Crippen LogP contribution in [0.4, 0.5) is 0 Å². The maximum Gasteiger partial charge on any atom is 0.220 e. The number of rotatable bonds is 61. The normalized spacial score (nSPS) is 18.7. The summed E-state index contributed by atoms with van der Waals surface area (Å²) in [4.78, 5) is 13.1. The summed E-state index contributed by atoms with van der Waals surface area (Å²) < 4.78 is 11.3. The van der Waals surface area contributed by atoms with Gasteiger partial charge in [-0.2, -0.15) is 0 Å². The zero-order valence-electron chi connectivity index (χ0n) is 51.7. The number of aliphatic hydroxyl groups excluding tert-OH is 5. The van der Waals surface area contributed by atoms with Crippen LogP contribution in [0.1, 0.15) is 354 Å². The molecule has 0 spiro atoms. The van der Waals surface area contributed by atoms with E-state index in [1.165, 1.54) is 295 Å². The first-order chi connectivity index (χ1) is 38.3. The van der Waals surface area contributed by atoms with Crippen molar-refractivity contribution in [1.82, 2.24) is 5.32 Å². The van der Waals surface area contributed by atoms with Crippen LogP contribution in [0.25, 0.3) is 0 Å². The molecule has 1 saturated heterocycles. The number of nitrogens with one attached hydrogen (secondary N) is 1. The predicted molar refractivity (Wildman–Crippen MR) is 332 cm³/mol. The summed E-state index contributed by atoms with van der Waals surface area (Å²) in [7, 11) is 0. The summed E-state index contributed by atoms with van der Waals surface area (Å²) in [5.74, 6) is -0.169. The van der Waals surface area contributed by atoms with E-state index in [0.717, 1.165) is 38.5 Å². The van der Waals surface area contributed by atoms with Crippen LogP contribution in [-0.4, -0.2) is 87.5 Å². The van der Waals surface area contributed by atoms with Crippen molar-refractivity contribution in [2.24, 2.45) is 0 Å². The Balaban J connectivity index is 2.13. The third-order valence-corrected chi connectivity index (χ3v) is 16.8. The van der Waals surface area contributed by atoms with Gasteiger partial charge < -0.3 is 40.3 Å². The Kier molecular flexibility index (Phi) is 56.3. The van der Waals surface area contributed by atoms with Gasteiger partial charge in [0.25, 0.3) is 0 Å². The molecule has 1 fully saturated rings. The molecule has 462 valence electrons. The van der Waals surface area contributed by atoms with Crippen molar-refractivity contribution in [2.45, 2.75) is 397 Å². The Morgan fingerprint density at radius 2 is 0.718 bits per heavy atom. The van der Waals surface area contributed by atoms with E-state index in [1.54, 1.807) is 6.08 Å². The van der Waals surface area contributed by atoms with Gasteiger partial charge in [0.1, 0.15) is 24.4 Å². The molecule has 7 unspecified atom stereocenters. The lowest BCUT2D eigenvalue weighted by molar-refractivity contribution is -0.302. The fraction of sp³-hybridized carbons (Fsp3) is 0.928. The van der Waals surface area contributed by atoms with Crippen LogP contribution in [-0.2, 0) is 14.3 Å². The van der Waals surface area contributed by atoms with E-state index >= 15 is 0 Å². The average molecular weight is 1100 g/mol. The van der Waals surface area contributed by atoms with Crippen LogP contribution < -0.4 is 5.32 Å². The number of carbonyl (C=O) groups is 1. The Bertz CT molecular complexity index is 1280. The molecule has 78 heavy (non-hydrogen) atoms. The van der Waals surface area contributed by atoms with Crippen molar-refractivity contribution in [3.8, 4) is 0 Å². The highest BCUT2D eigenvalue weighted by molar-refractivity contribution is 5.76. The summed E-state index contributed by atoms with van der Waals surface area (Å²) in [5.41, 5.74) is 0. The molecule has 0 aliphatic carbocycles. The lowest BCUT2D eigenvalue weighted by Crippen LogP contribution is -2.60. The second-order valence-corrected chi connectivity index (χ2v) is 24.3. The van der Waals surface area contributed by atoms with Gasteiger partial charge in [-0.25, -0.2) is 0 Å². The smallest absolute Gasteiger partial charge is 0.220 e. The van der Waals surface area contributed by atoms with Crippen LogP contribution in [0.3, 0.4) is 0 Å². The number of hydrogen-bond donors (Lipinski definition) is 6. The number of allylic oxidation sites excluding steroid dienone is 3. The van der Waals surface area contributed by atoms with Crippen molar-refractivity contribution in [3.63, 3.8) is 0 Å². The van der Waals surface area contributed by atoms with E-state index in [1.807, 2.05) is 6.08 Å².